The van der Waals surface area contributed by atoms with E-state index in [1.165, 1.54) is 0 Å². The fraction of sp³-hybridized carbons (Fsp3) is 0.455. The number of nitrogens with one attached hydrogen (secondary N) is 2. The van der Waals surface area contributed by atoms with E-state index in [-0.39, 0.29) is 54.3 Å². The number of pyridine rings is 1. The molecule has 8 nitrogen and oxygen atoms in total. The SMILES string of the molecule is C=C1C[C@@H](C)CNCCNc2nc(CCC34CCCN3CCC4)nc3c(F)c(-c4ncc(F)c5sc(N)c(C#N)c45)c(F)c1c23. The Morgan fingerprint density at radius 3 is 2.67 bits per heavy atom. The first-order valence-corrected chi connectivity index (χ1v) is 16.4. The number of fused-ring (bicyclic) bond motifs is 2. The molecule has 0 bridgehead atoms. The number of nitrogens with zero attached hydrogens (tertiary/aromatic N) is 5. The van der Waals surface area contributed by atoms with Gasteiger partial charge in [-0.3, -0.25) is 9.88 Å². The molecule has 1 aromatic carbocycles. The Kier molecular flexibility index (Phi) is 7.66. The molecule has 3 aliphatic heterocycles. The van der Waals surface area contributed by atoms with Crippen molar-refractivity contribution < 1.29 is 13.2 Å². The monoisotopic (exact) mass is 632 g/mol. The number of thiophene rings is 1. The van der Waals surface area contributed by atoms with E-state index in [0.717, 1.165) is 62.7 Å². The number of aryl methyl sites for hydroxylation is 1. The molecule has 0 saturated carbocycles. The lowest BCUT2D eigenvalue weighted by molar-refractivity contribution is 0.182. The van der Waals surface area contributed by atoms with Gasteiger partial charge in [-0.2, -0.15) is 5.26 Å². The highest BCUT2D eigenvalue weighted by molar-refractivity contribution is 7.23. The summed E-state index contributed by atoms with van der Waals surface area (Å²) in [7, 11) is 0. The Bertz CT molecular complexity index is 1890. The molecule has 7 rings (SSSR count). The van der Waals surface area contributed by atoms with E-state index in [1.54, 1.807) is 0 Å². The minimum absolute atomic E-state index is 0.0153. The number of aromatic nitrogens is 3. The molecule has 45 heavy (non-hydrogen) atoms. The standard InChI is InChI=1S/C33H35F3N8S/c1-17-13-18(2)22-24-29(27(36)25(26(22)35)28-23-19(14-37)31(38)45-30(23)20(34)16-41-28)42-21(43-32(24)40-10-9-39-15-17)5-8-33-6-3-11-44(33)12-4-7-33/h16-17,39H,2-13,15,38H2,1H3,(H,40,42,43)/t17-/m1/s1. The molecule has 4 aromatic rings. The van der Waals surface area contributed by atoms with E-state index < -0.39 is 23.0 Å². The summed E-state index contributed by atoms with van der Waals surface area (Å²) in [5, 5.41) is 16.9. The van der Waals surface area contributed by atoms with Crippen molar-refractivity contribution in [1.29, 1.82) is 5.26 Å². The summed E-state index contributed by atoms with van der Waals surface area (Å²) in [6.07, 6.45) is 7.32. The summed E-state index contributed by atoms with van der Waals surface area (Å²) in [6, 6.07) is 1.98. The van der Waals surface area contributed by atoms with Crippen molar-refractivity contribution >= 4 is 48.7 Å². The Balaban J connectivity index is 1.48. The summed E-state index contributed by atoms with van der Waals surface area (Å²) < 4.78 is 48.9. The fourth-order valence-electron chi connectivity index (χ4n) is 7.71. The summed E-state index contributed by atoms with van der Waals surface area (Å²) in [4.78, 5) is 16.4. The van der Waals surface area contributed by atoms with Gasteiger partial charge in [0.25, 0.3) is 0 Å². The highest BCUT2D eigenvalue weighted by Gasteiger charge is 2.43. The molecule has 3 aliphatic rings. The molecule has 0 unspecified atom stereocenters. The second-order valence-electron chi connectivity index (χ2n) is 12.7. The number of nitrogen functional groups attached to an aromatic ring is 1. The molecule has 0 aliphatic carbocycles. The van der Waals surface area contributed by atoms with Crippen LogP contribution in [0.1, 0.15) is 62.4 Å². The maximum atomic E-state index is 17.0. The van der Waals surface area contributed by atoms with Gasteiger partial charge in [0.2, 0.25) is 0 Å². The van der Waals surface area contributed by atoms with Crippen molar-refractivity contribution in [2.24, 2.45) is 5.92 Å². The third kappa shape index (κ3) is 4.92. The average Bonchev–Trinajstić information content (AvgIpc) is 3.69. The van der Waals surface area contributed by atoms with Crippen LogP contribution in [-0.4, -0.2) is 58.1 Å². The van der Waals surface area contributed by atoms with E-state index in [9.17, 15) is 9.65 Å². The number of halogens is 3. The Hall–Kier alpha value is -3.79. The summed E-state index contributed by atoms with van der Waals surface area (Å²) in [6.45, 7) is 10.3. The number of hydrogen-bond acceptors (Lipinski definition) is 9. The van der Waals surface area contributed by atoms with Gasteiger partial charge >= 0.3 is 0 Å². The third-order valence-electron chi connectivity index (χ3n) is 9.78. The Morgan fingerprint density at radius 2 is 1.91 bits per heavy atom. The molecule has 2 fully saturated rings. The van der Waals surface area contributed by atoms with Gasteiger partial charge in [-0.15, -0.1) is 11.3 Å². The zero-order valence-corrected chi connectivity index (χ0v) is 26.0. The first-order chi connectivity index (χ1) is 21.7. The fourth-order valence-corrected chi connectivity index (χ4v) is 8.63. The van der Waals surface area contributed by atoms with Crippen LogP contribution >= 0.6 is 11.3 Å². The second-order valence-corrected chi connectivity index (χ2v) is 13.7. The number of benzene rings is 1. The molecular weight excluding hydrogens is 597 g/mol. The molecule has 0 radical (unpaired) electrons. The smallest absolute Gasteiger partial charge is 0.162 e. The number of nitrogens with two attached hydrogens (primary N) is 1. The second kappa shape index (κ2) is 11.5. The number of hydrogen-bond donors (Lipinski definition) is 3. The molecule has 0 amide bonds. The van der Waals surface area contributed by atoms with Gasteiger partial charge in [0.15, 0.2) is 11.6 Å². The average molecular weight is 633 g/mol. The van der Waals surface area contributed by atoms with E-state index in [2.05, 4.69) is 27.1 Å². The zero-order chi connectivity index (χ0) is 31.5. The van der Waals surface area contributed by atoms with Gasteiger partial charge in [-0.05, 0) is 69.7 Å². The third-order valence-corrected chi connectivity index (χ3v) is 10.8. The van der Waals surface area contributed by atoms with Crippen LogP contribution in [0, 0.1) is 34.7 Å². The molecule has 2 saturated heterocycles. The quantitative estimate of drug-likeness (QED) is 0.237. The summed E-state index contributed by atoms with van der Waals surface area (Å²) in [5.41, 5.74) is 5.94. The number of allylic oxidation sites excluding steroid dienone is 1. The predicted octanol–water partition coefficient (Wildman–Crippen LogP) is 6.39. The van der Waals surface area contributed by atoms with Crippen molar-refractivity contribution in [1.82, 2.24) is 25.2 Å². The highest BCUT2D eigenvalue weighted by Crippen LogP contribution is 2.46. The van der Waals surface area contributed by atoms with Gasteiger partial charge in [0.05, 0.1) is 33.1 Å². The minimum atomic E-state index is -0.942. The van der Waals surface area contributed by atoms with Gasteiger partial charge in [0, 0.05) is 36.0 Å². The van der Waals surface area contributed by atoms with Crippen LogP contribution in [0.15, 0.2) is 12.8 Å². The molecule has 234 valence electrons. The van der Waals surface area contributed by atoms with Gasteiger partial charge < -0.3 is 16.4 Å². The van der Waals surface area contributed by atoms with E-state index >= 15 is 8.78 Å². The topological polar surface area (TPSA) is 116 Å². The van der Waals surface area contributed by atoms with E-state index in [4.69, 9.17) is 15.7 Å². The molecule has 1 atom stereocenters. The molecule has 3 aromatic heterocycles. The lowest BCUT2D eigenvalue weighted by Crippen LogP contribution is -2.38. The minimum Gasteiger partial charge on any atom is -0.389 e. The predicted molar refractivity (Wildman–Crippen MR) is 172 cm³/mol. The van der Waals surface area contributed by atoms with Crippen molar-refractivity contribution in [3.05, 3.63) is 47.2 Å². The maximum Gasteiger partial charge on any atom is 0.162 e. The Labute approximate surface area is 263 Å². The number of rotatable bonds is 4. The molecule has 6 heterocycles. The van der Waals surface area contributed by atoms with Crippen LogP contribution in [0.3, 0.4) is 0 Å². The maximum absolute atomic E-state index is 17.0. The summed E-state index contributed by atoms with van der Waals surface area (Å²) in [5.74, 6) is -1.63. The van der Waals surface area contributed by atoms with Crippen LogP contribution in [0.4, 0.5) is 24.0 Å². The van der Waals surface area contributed by atoms with Gasteiger partial charge in [-0.25, -0.2) is 23.1 Å². The van der Waals surface area contributed by atoms with Crippen molar-refractivity contribution in [3.63, 3.8) is 0 Å². The Morgan fingerprint density at radius 1 is 1.13 bits per heavy atom. The summed E-state index contributed by atoms with van der Waals surface area (Å²) >= 11 is 0.851. The van der Waals surface area contributed by atoms with Crippen LogP contribution in [0.2, 0.25) is 0 Å². The highest BCUT2D eigenvalue weighted by atomic mass is 32.1. The molecular formula is C33H35F3N8S. The van der Waals surface area contributed by atoms with Crippen LogP contribution in [0.25, 0.3) is 37.8 Å². The van der Waals surface area contributed by atoms with Crippen LogP contribution in [-0.2, 0) is 6.42 Å². The first-order valence-electron chi connectivity index (χ1n) is 15.6. The van der Waals surface area contributed by atoms with Crippen molar-refractivity contribution in [2.45, 2.75) is 57.4 Å². The molecule has 4 N–H and O–H groups in total. The van der Waals surface area contributed by atoms with E-state index in [1.807, 2.05) is 13.0 Å². The lowest BCUT2D eigenvalue weighted by Gasteiger charge is -2.32. The molecule has 12 heteroatoms. The van der Waals surface area contributed by atoms with Crippen LogP contribution in [0.5, 0.6) is 0 Å². The normalized spacial score (nSPS) is 20.2. The largest absolute Gasteiger partial charge is 0.389 e. The molecule has 0 spiro atoms. The van der Waals surface area contributed by atoms with Crippen molar-refractivity contribution in [2.75, 3.05) is 43.8 Å². The van der Waals surface area contributed by atoms with E-state index in [0.29, 0.717) is 49.7 Å². The van der Waals surface area contributed by atoms with Gasteiger partial charge in [-0.1, -0.05) is 13.5 Å². The van der Waals surface area contributed by atoms with Crippen LogP contribution < -0.4 is 16.4 Å². The van der Waals surface area contributed by atoms with Gasteiger partial charge in [0.1, 0.15) is 34.0 Å². The number of anilines is 2. The van der Waals surface area contributed by atoms with Crippen molar-refractivity contribution in [3.8, 4) is 17.3 Å². The zero-order valence-electron chi connectivity index (χ0n) is 25.2. The first kappa shape index (κ1) is 29.9. The lowest BCUT2D eigenvalue weighted by atomic mass is 9.88. The number of nitriles is 1.